The number of fused-ring (bicyclic) bond motifs is 3. The summed E-state index contributed by atoms with van der Waals surface area (Å²) < 4.78 is 1.13. The van der Waals surface area contributed by atoms with Gasteiger partial charge in [0.05, 0.1) is 10.2 Å². The van der Waals surface area contributed by atoms with E-state index < -0.39 is 0 Å². The molecule has 2 aromatic rings. The fourth-order valence-corrected chi connectivity index (χ4v) is 4.56. The van der Waals surface area contributed by atoms with Gasteiger partial charge in [-0.1, -0.05) is 29.9 Å². The van der Waals surface area contributed by atoms with Gasteiger partial charge in [-0.15, -0.1) is 0 Å². The average Bonchev–Trinajstić information content (AvgIpc) is 3.12. The third-order valence-electron chi connectivity index (χ3n) is 4.60. The van der Waals surface area contributed by atoms with E-state index in [1.165, 1.54) is 19.3 Å². The smallest absolute Gasteiger partial charge is 0.229 e. The Morgan fingerprint density at radius 1 is 1.26 bits per heavy atom. The highest BCUT2D eigenvalue weighted by Gasteiger charge is 2.43. The first-order valence-corrected chi connectivity index (χ1v) is 7.77. The molecule has 2 bridgehead atoms. The van der Waals surface area contributed by atoms with Gasteiger partial charge in [-0.25, -0.2) is 4.98 Å². The molecular formula is C15H16N2OS. The highest BCUT2D eigenvalue weighted by atomic mass is 32.1. The molecule has 0 saturated heterocycles. The molecule has 1 N–H and O–H groups in total. The molecule has 19 heavy (non-hydrogen) atoms. The molecule has 98 valence electrons. The predicted molar refractivity (Wildman–Crippen MR) is 77.2 cm³/mol. The van der Waals surface area contributed by atoms with Gasteiger partial charge in [0.25, 0.3) is 0 Å². The van der Waals surface area contributed by atoms with E-state index in [-0.39, 0.29) is 11.8 Å². The number of carbonyl (C=O) groups excluding carboxylic acids is 1. The summed E-state index contributed by atoms with van der Waals surface area (Å²) in [4.78, 5) is 16.8. The third-order valence-corrected chi connectivity index (χ3v) is 5.55. The Bertz CT molecular complexity index is 603. The molecule has 2 fully saturated rings. The number of benzene rings is 1. The number of aromatic nitrogens is 1. The first kappa shape index (κ1) is 11.4. The van der Waals surface area contributed by atoms with Crippen molar-refractivity contribution in [1.29, 1.82) is 0 Å². The van der Waals surface area contributed by atoms with Gasteiger partial charge in [0, 0.05) is 5.92 Å². The van der Waals surface area contributed by atoms with Crippen molar-refractivity contribution >= 4 is 32.6 Å². The second-order valence-electron chi connectivity index (χ2n) is 5.76. The van der Waals surface area contributed by atoms with Gasteiger partial charge < -0.3 is 5.32 Å². The monoisotopic (exact) mass is 272 g/mol. The summed E-state index contributed by atoms with van der Waals surface area (Å²) in [6, 6.07) is 8.00. The summed E-state index contributed by atoms with van der Waals surface area (Å²) in [6.45, 7) is 0. The van der Waals surface area contributed by atoms with Crippen molar-refractivity contribution in [2.24, 2.45) is 17.8 Å². The highest BCUT2D eigenvalue weighted by Crippen LogP contribution is 2.48. The van der Waals surface area contributed by atoms with E-state index in [1.54, 1.807) is 11.3 Å². The fraction of sp³-hybridized carbons (Fsp3) is 0.467. The van der Waals surface area contributed by atoms with Crippen molar-refractivity contribution in [3.8, 4) is 0 Å². The quantitative estimate of drug-likeness (QED) is 0.906. The Labute approximate surface area is 116 Å². The van der Waals surface area contributed by atoms with Crippen molar-refractivity contribution < 1.29 is 4.79 Å². The molecule has 3 nitrogen and oxygen atoms in total. The Morgan fingerprint density at radius 2 is 2.16 bits per heavy atom. The summed E-state index contributed by atoms with van der Waals surface area (Å²) in [5.74, 6) is 1.84. The number of thiazole rings is 1. The molecule has 1 aromatic heterocycles. The zero-order valence-corrected chi connectivity index (χ0v) is 11.5. The lowest BCUT2D eigenvalue weighted by molar-refractivity contribution is -0.121. The number of anilines is 1. The number of nitrogens with one attached hydrogen (secondary N) is 1. The standard InChI is InChI=1S/C15H16N2OS/c18-14(11-8-9-5-6-10(11)7-9)17-15-16-12-3-1-2-4-13(12)19-15/h1-4,9-11H,5-8H2,(H,16,17,18)/t9-,10+,11+/m0/s1. The van der Waals surface area contributed by atoms with Gasteiger partial charge in [-0.2, -0.15) is 0 Å². The second kappa shape index (κ2) is 4.30. The lowest BCUT2D eigenvalue weighted by Gasteiger charge is -2.19. The minimum absolute atomic E-state index is 0.186. The van der Waals surface area contributed by atoms with Crippen molar-refractivity contribution in [3.63, 3.8) is 0 Å². The summed E-state index contributed by atoms with van der Waals surface area (Å²) in [5.41, 5.74) is 0.968. The van der Waals surface area contributed by atoms with Gasteiger partial charge in [0.2, 0.25) is 5.91 Å². The molecule has 1 heterocycles. The Morgan fingerprint density at radius 3 is 2.89 bits per heavy atom. The van der Waals surface area contributed by atoms with E-state index in [0.717, 1.165) is 27.7 Å². The van der Waals surface area contributed by atoms with Crippen molar-refractivity contribution in [2.75, 3.05) is 5.32 Å². The lowest BCUT2D eigenvalue weighted by atomic mass is 9.88. The maximum absolute atomic E-state index is 12.3. The normalized spacial score (nSPS) is 28.9. The number of nitrogens with zero attached hydrogens (tertiary/aromatic N) is 1. The predicted octanol–water partition coefficient (Wildman–Crippen LogP) is 3.67. The number of carbonyl (C=O) groups is 1. The molecule has 0 aliphatic heterocycles. The Hall–Kier alpha value is -1.42. The molecule has 1 aromatic carbocycles. The second-order valence-corrected chi connectivity index (χ2v) is 6.79. The summed E-state index contributed by atoms with van der Waals surface area (Å²) >= 11 is 1.56. The number of para-hydroxylation sites is 1. The van der Waals surface area contributed by atoms with Crippen LogP contribution in [0, 0.1) is 17.8 Å². The van der Waals surface area contributed by atoms with Crippen LogP contribution in [0.3, 0.4) is 0 Å². The fourth-order valence-electron chi connectivity index (χ4n) is 3.69. The first-order chi connectivity index (χ1) is 9.29. The maximum Gasteiger partial charge on any atom is 0.229 e. The summed E-state index contributed by atoms with van der Waals surface area (Å²) in [5, 5.41) is 3.77. The minimum Gasteiger partial charge on any atom is -0.302 e. The molecule has 2 saturated carbocycles. The molecule has 4 heteroatoms. The largest absolute Gasteiger partial charge is 0.302 e. The van der Waals surface area contributed by atoms with Crippen molar-refractivity contribution in [2.45, 2.75) is 25.7 Å². The summed E-state index contributed by atoms with van der Waals surface area (Å²) in [7, 11) is 0. The van der Waals surface area contributed by atoms with Crippen LogP contribution >= 0.6 is 11.3 Å². The SMILES string of the molecule is O=C(Nc1nc2ccccc2s1)[C@@H]1C[C@H]2CC[C@@H]1C2. The van der Waals surface area contributed by atoms with Crippen molar-refractivity contribution in [1.82, 2.24) is 4.98 Å². The molecule has 2 aliphatic rings. The van der Waals surface area contributed by atoms with E-state index in [4.69, 9.17) is 0 Å². The van der Waals surface area contributed by atoms with Crippen LogP contribution in [0.4, 0.5) is 5.13 Å². The van der Waals surface area contributed by atoms with Crippen LogP contribution in [0.1, 0.15) is 25.7 Å². The minimum atomic E-state index is 0.186. The van der Waals surface area contributed by atoms with Gasteiger partial charge in [0.1, 0.15) is 0 Å². The molecular weight excluding hydrogens is 256 g/mol. The zero-order chi connectivity index (χ0) is 12.8. The molecule has 1 amide bonds. The Kier molecular flexibility index (Phi) is 2.58. The zero-order valence-electron chi connectivity index (χ0n) is 10.6. The first-order valence-electron chi connectivity index (χ1n) is 6.96. The summed E-state index contributed by atoms with van der Waals surface area (Å²) in [6.07, 6.45) is 4.91. The molecule has 0 radical (unpaired) electrons. The molecule has 0 unspecified atom stereocenters. The topological polar surface area (TPSA) is 42.0 Å². The number of amides is 1. The van der Waals surface area contributed by atoms with E-state index >= 15 is 0 Å². The van der Waals surface area contributed by atoms with Crippen LogP contribution in [-0.2, 0) is 4.79 Å². The van der Waals surface area contributed by atoms with Crippen LogP contribution in [-0.4, -0.2) is 10.9 Å². The maximum atomic E-state index is 12.3. The number of hydrogen-bond donors (Lipinski definition) is 1. The van der Waals surface area contributed by atoms with Gasteiger partial charge >= 0.3 is 0 Å². The van der Waals surface area contributed by atoms with Crippen LogP contribution in [0.5, 0.6) is 0 Å². The number of hydrogen-bond acceptors (Lipinski definition) is 3. The molecule has 4 rings (SSSR count). The average molecular weight is 272 g/mol. The lowest BCUT2D eigenvalue weighted by Crippen LogP contribution is -2.27. The molecule has 3 atom stereocenters. The van der Waals surface area contributed by atoms with E-state index in [0.29, 0.717) is 5.92 Å². The Balaban J connectivity index is 1.53. The van der Waals surface area contributed by atoms with E-state index in [9.17, 15) is 4.79 Å². The van der Waals surface area contributed by atoms with Gasteiger partial charge in [-0.3, -0.25) is 4.79 Å². The van der Waals surface area contributed by atoms with Crippen LogP contribution in [0.2, 0.25) is 0 Å². The van der Waals surface area contributed by atoms with Crippen LogP contribution in [0.15, 0.2) is 24.3 Å². The van der Waals surface area contributed by atoms with Gasteiger partial charge in [-0.05, 0) is 43.2 Å². The van der Waals surface area contributed by atoms with Gasteiger partial charge in [0.15, 0.2) is 5.13 Å². The van der Waals surface area contributed by atoms with Crippen LogP contribution < -0.4 is 5.32 Å². The van der Waals surface area contributed by atoms with E-state index in [2.05, 4.69) is 10.3 Å². The highest BCUT2D eigenvalue weighted by molar-refractivity contribution is 7.22. The molecule has 0 spiro atoms. The molecule has 2 aliphatic carbocycles. The third kappa shape index (κ3) is 1.94. The van der Waals surface area contributed by atoms with E-state index in [1.807, 2.05) is 24.3 Å². The van der Waals surface area contributed by atoms with Crippen LogP contribution in [0.25, 0.3) is 10.2 Å². The van der Waals surface area contributed by atoms with Crippen molar-refractivity contribution in [3.05, 3.63) is 24.3 Å². The number of rotatable bonds is 2.